The molecule has 0 radical (unpaired) electrons. The van der Waals surface area contributed by atoms with E-state index in [0.29, 0.717) is 11.3 Å². The maximum atomic E-state index is 12.0. The summed E-state index contributed by atoms with van der Waals surface area (Å²) in [6, 6.07) is -0.574. The van der Waals surface area contributed by atoms with Crippen molar-refractivity contribution < 1.29 is 27.9 Å². The molecule has 0 aromatic heterocycles. The van der Waals surface area contributed by atoms with Gasteiger partial charge in [0, 0.05) is 19.0 Å². The molecule has 0 spiro atoms. The highest BCUT2D eigenvalue weighted by Gasteiger charge is 2.47. The van der Waals surface area contributed by atoms with Crippen molar-refractivity contribution in [2.75, 3.05) is 6.54 Å². The molecule has 0 aliphatic carbocycles. The monoisotopic (exact) mass is 225 g/mol. The lowest BCUT2D eigenvalue weighted by Gasteiger charge is -2.41. The predicted molar refractivity (Wildman–Crippen MR) is 43.0 cm³/mol. The van der Waals surface area contributed by atoms with E-state index >= 15 is 0 Å². The molecular formula is C8H10F3NO3. The summed E-state index contributed by atoms with van der Waals surface area (Å²) >= 11 is 0. The van der Waals surface area contributed by atoms with E-state index in [1.165, 1.54) is 0 Å². The Hall–Kier alpha value is -1.27. The molecule has 1 N–H and O–H groups in total. The van der Waals surface area contributed by atoms with E-state index in [1.807, 2.05) is 0 Å². The number of halogens is 3. The Kier molecular flexibility index (Phi) is 3.21. The fraction of sp³-hybridized carbons (Fsp3) is 0.750. The van der Waals surface area contributed by atoms with E-state index in [1.54, 1.807) is 0 Å². The molecule has 1 atom stereocenters. The van der Waals surface area contributed by atoms with Crippen molar-refractivity contribution in [1.29, 1.82) is 0 Å². The van der Waals surface area contributed by atoms with Gasteiger partial charge in [0.05, 0.1) is 0 Å². The summed E-state index contributed by atoms with van der Waals surface area (Å²) < 4.78 is 36.0. The van der Waals surface area contributed by atoms with Crippen LogP contribution in [0.1, 0.15) is 19.3 Å². The van der Waals surface area contributed by atoms with E-state index in [9.17, 15) is 22.8 Å². The number of amides is 1. The highest BCUT2D eigenvalue weighted by molar-refractivity contribution is 5.83. The molecule has 1 aliphatic rings. The molecule has 15 heavy (non-hydrogen) atoms. The zero-order valence-corrected chi connectivity index (χ0v) is 7.75. The molecule has 0 bridgehead atoms. The van der Waals surface area contributed by atoms with Gasteiger partial charge in [-0.3, -0.25) is 9.59 Å². The van der Waals surface area contributed by atoms with Crippen LogP contribution in [-0.4, -0.2) is 40.6 Å². The van der Waals surface area contributed by atoms with Crippen molar-refractivity contribution in [1.82, 2.24) is 4.90 Å². The molecule has 1 heterocycles. The van der Waals surface area contributed by atoms with Crippen molar-refractivity contribution in [3.63, 3.8) is 0 Å². The second kappa shape index (κ2) is 4.08. The average Bonchev–Trinajstić information content (AvgIpc) is 1.99. The van der Waals surface area contributed by atoms with Gasteiger partial charge in [-0.15, -0.1) is 0 Å². The number of alkyl halides is 3. The topological polar surface area (TPSA) is 57.6 Å². The molecule has 0 aromatic rings. The smallest absolute Gasteiger partial charge is 0.471 e. The van der Waals surface area contributed by atoms with Crippen molar-refractivity contribution in [2.45, 2.75) is 31.5 Å². The molecule has 1 rings (SSSR count). The lowest BCUT2D eigenvalue weighted by Crippen LogP contribution is -2.55. The van der Waals surface area contributed by atoms with Crippen LogP contribution in [0.4, 0.5) is 13.2 Å². The fourth-order valence-electron chi connectivity index (χ4n) is 1.46. The van der Waals surface area contributed by atoms with Gasteiger partial charge in [-0.05, 0) is 12.8 Å². The number of carbonyl (C=O) groups excluding carboxylic acids is 1. The van der Waals surface area contributed by atoms with Gasteiger partial charge in [0.25, 0.3) is 0 Å². The Balaban J connectivity index is 2.45. The molecule has 1 amide bonds. The molecule has 1 fully saturated rings. The second-order valence-electron chi connectivity index (χ2n) is 3.37. The average molecular weight is 225 g/mol. The number of rotatable bonds is 3. The minimum atomic E-state index is -4.86. The SMILES string of the molecule is O=C(O)CCC1CCN1C(=O)C(F)(F)F. The second-order valence-corrected chi connectivity index (χ2v) is 3.37. The van der Waals surface area contributed by atoms with Crippen LogP contribution in [0.5, 0.6) is 0 Å². The third-order valence-corrected chi connectivity index (χ3v) is 2.34. The number of aliphatic carboxylic acids is 1. The highest BCUT2D eigenvalue weighted by atomic mass is 19.4. The van der Waals surface area contributed by atoms with Gasteiger partial charge >= 0.3 is 18.1 Å². The molecule has 86 valence electrons. The zero-order valence-electron chi connectivity index (χ0n) is 7.75. The minimum absolute atomic E-state index is 0.0582. The highest BCUT2D eigenvalue weighted by Crippen LogP contribution is 2.28. The third-order valence-electron chi connectivity index (χ3n) is 2.34. The lowest BCUT2D eigenvalue weighted by molar-refractivity contribution is -0.193. The quantitative estimate of drug-likeness (QED) is 0.779. The molecule has 1 saturated heterocycles. The summed E-state index contributed by atoms with van der Waals surface area (Å²) in [7, 11) is 0. The summed E-state index contributed by atoms with van der Waals surface area (Å²) in [5, 5.41) is 8.34. The van der Waals surface area contributed by atoms with E-state index in [0.717, 1.165) is 0 Å². The summed E-state index contributed by atoms with van der Waals surface area (Å²) in [5.74, 6) is -2.94. The number of carboxylic acids is 1. The van der Waals surface area contributed by atoms with Gasteiger partial charge in [-0.2, -0.15) is 13.2 Å². The Morgan fingerprint density at radius 2 is 2.00 bits per heavy atom. The van der Waals surface area contributed by atoms with Gasteiger partial charge in [-0.25, -0.2) is 0 Å². The first kappa shape index (κ1) is 11.8. The van der Waals surface area contributed by atoms with E-state index in [-0.39, 0.29) is 19.4 Å². The van der Waals surface area contributed by atoms with E-state index in [4.69, 9.17) is 5.11 Å². The molecule has 1 unspecified atom stereocenters. The van der Waals surface area contributed by atoms with Crippen LogP contribution in [-0.2, 0) is 9.59 Å². The van der Waals surface area contributed by atoms with Gasteiger partial charge < -0.3 is 10.0 Å². The van der Waals surface area contributed by atoms with Crippen molar-refractivity contribution in [2.24, 2.45) is 0 Å². The molecule has 4 nitrogen and oxygen atoms in total. The van der Waals surface area contributed by atoms with Gasteiger partial charge in [-0.1, -0.05) is 0 Å². The third kappa shape index (κ3) is 2.84. The molecule has 0 aromatic carbocycles. The van der Waals surface area contributed by atoms with Crippen molar-refractivity contribution >= 4 is 11.9 Å². The summed E-state index contributed by atoms with van der Waals surface area (Å²) in [6.07, 6.45) is -4.56. The van der Waals surface area contributed by atoms with Crippen LogP contribution in [0.2, 0.25) is 0 Å². The number of hydrogen-bond donors (Lipinski definition) is 1. The van der Waals surface area contributed by atoms with Crippen LogP contribution in [0, 0.1) is 0 Å². The minimum Gasteiger partial charge on any atom is -0.481 e. The Morgan fingerprint density at radius 1 is 1.40 bits per heavy atom. The first-order valence-electron chi connectivity index (χ1n) is 4.42. The van der Waals surface area contributed by atoms with Gasteiger partial charge in [0.15, 0.2) is 0 Å². The first-order valence-corrected chi connectivity index (χ1v) is 4.42. The molecule has 0 saturated carbocycles. The molecule has 7 heteroatoms. The Labute approximate surface area is 83.7 Å². The van der Waals surface area contributed by atoms with E-state index in [2.05, 4.69) is 0 Å². The number of likely N-dealkylation sites (tertiary alicyclic amines) is 1. The summed E-state index contributed by atoms with van der Waals surface area (Å²) in [5.41, 5.74) is 0. The number of hydrogen-bond acceptors (Lipinski definition) is 2. The first-order chi connectivity index (χ1) is 6.82. The van der Waals surface area contributed by atoms with Gasteiger partial charge in [0.1, 0.15) is 0 Å². The van der Waals surface area contributed by atoms with Crippen LogP contribution in [0.15, 0.2) is 0 Å². The number of carboxylic acid groups (broad SMARTS) is 1. The van der Waals surface area contributed by atoms with Crippen LogP contribution < -0.4 is 0 Å². The van der Waals surface area contributed by atoms with Crippen LogP contribution in [0.3, 0.4) is 0 Å². The standard InChI is InChI=1S/C8H10F3NO3/c9-8(10,11)7(15)12-4-3-5(12)1-2-6(13)14/h5H,1-4H2,(H,13,14). The maximum absolute atomic E-state index is 12.0. The van der Waals surface area contributed by atoms with Crippen molar-refractivity contribution in [3.05, 3.63) is 0 Å². The lowest BCUT2D eigenvalue weighted by atomic mass is 9.98. The Bertz CT molecular complexity index is 277. The Morgan fingerprint density at radius 3 is 2.33 bits per heavy atom. The largest absolute Gasteiger partial charge is 0.481 e. The van der Waals surface area contributed by atoms with Crippen LogP contribution >= 0.6 is 0 Å². The predicted octanol–water partition coefficient (Wildman–Crippen LogP) is 1.01. The van der Waals surface area contributed by atoms with E-state index < -0.39 is 24.1 Å². The molecule has 1 aliphatic heterocycles. The zero-order chi connectivity index (χ0) is 11.6. The molecular weight excluding hydrogens is 215 g/mol. The number of carbonyl (C=O) groups is 2. The maximum Gasteiger partial charge on any atom is 0.471 e. The van der Waals surface area contributed by atoms with Crippen LogP contribution in [0.25, 0.3) is 0 Å². The van der Waals surface area contributed by atoms with Crippen molar-refractivity contribution in [3.8, 4) is 0 Å². The van der Waals surface area contributed by atoms with Gasteiger partial charge in [0.2, 0.25) is 0 Å². The fourth-order valence-corrected chi connectivity index (χ4v) is 1.46. The normalized spacial score (nSPS) is 21.0. The number of nitrogens with zero attached hydrogens (tertiary/aromatic N) is 1. The summed E-state index contributed by atoms with van der Waals surface area (Å²) in [6.45, 7) is 0.0582. The summed E-state index contributed by atoms with van der Waals surface area (Å²) in [4.78, 5) is 21.6.